The maximum Gasteiger partial charge on any atom is 0.243 e. The molecule has 9 heteroatoms. The standard InChI is InChI=1S/C24H29N5O2S2/c1-4-6-19(23-27-16(3)28-33-23)24(31)29-12-5-7-20(29)22(30)25-13-17-8-10-18(11-9-17)21-15(2)26-14-32-21/h8-11,14,19-20H,4-7,12-13H2,1-3H3,(H,25,30)/t19-,20+/m1/s1. The van der Waals surface area contributed by atoms with E-state index in [0.29, 0.717) is 31.8 Å². The van der Waals surface area contributed by atoms with E-state index in [2.05, 4.69) is 38.7 Å². The van der Waals surface area contributed by atoms with Gasteiger partial charge in [0.2, 0.25) is 11.8 Å². The van der Waals surface area contributed by atoms with E-state index in [1.54, 1.807) is 16.2 Å². The third-order valence-electron chi connectivity index (χ3n) is 5.98. The van der Waals surface area contributed by atoms with E-state index in [9.17, 15) is 9.59 Å². The van der Waals surface area contributed by atoms with Crippen molar-refractivity contribution in [2.24, 2.45) is 0 Å². The number of carbonyl (C=O) groups excluding carboxylic acids is 2. The number of nitrogens with zero attached hydrogens (tertiary/aromatic N) is 4. The van der Waals surface area contributed by atoms with Crippen LogP contribution in [0.2, 0.25) is 0 Å². The second-order valence-electron chi connectivity index (χ2n) is 8.39. The molecular formula is C24H29N5O2S2. The van der Waals surface area contributed by atoms with Crippen LogP contribution < -0.4 is 5.32 Å². The van der Waals surface area contributed by atoms with Crippen molar-refractivity contribution in [1.29, 1.82) is 0 Å². The highest BCUT2D eigenvalue weighted by Crippen LogP contribution is 2.30. The molecule has 1 aromatic carbocycles. The molecule has 2 aromatic heterocycles. The normalized spacial score (nSPS) is 16.7. The molecule has 0 spiro atoms. The summed E-state index contributed by atoms with van der Waals surface area (Å²) >= 11 is 2.92. The monoisotopic (exact) mass is 483 g/mol. The Morgan fingerprint density at radius 3 is 2.67 bits per heavy atom. The lowest BCUT2D eigenvalue weighted by atomic mass is 10.0. The van der Waals surface area contributed by atoms with Gasteiger partial charge in [0.05, 0.1) is 22.0 Å². The molecule has 1 aliphatic rings. The number of rotatable bonds is 8. The van der Waals surface area contributed by atoms with Gasteiger partial charge in [-0.15, -0.1) is 11.3 Å². The number of likely N-dealkylation sites (tertiary alicyclic amines) is 1. The number of aryl methyl sites for hydroxylation is 2. The molecule has 3 aromatic rings. The number of hydrogen-bond acceptors (Lipinski definition) is 7. The van der Waals surface area contributed by atoms with Crippen LogP contribution in [-0.2, 0) is 16.1 Å². The van der Waals surface area contributed by atoms with Crippen molar-refractivity contribution in [3.05, 3.63) is 51.9 Å². The number of thiazole rings is 1. The summed E-state index contributed by atoms with van der Waals surface area (Å²) in [6, 6.07) is 7.76. The molecule has 0 bridgehead atoms. The van der Waals surface area contributed by atoms with Crippen LogP contribution in [0, 0.1) is 13.8 Å². The van der Waals surface area contributed by atoms with Gasteiger partial charge in [-0.2, -0.15) is 4.37 Å². The summed E-state index contributed by atoms with van der Waals surface area (Å²) in [6.45, 7) is 6.95. The predicted octanol–water partition coefficient (Wildman–Crippen LogP) is 4.47. The Balaban J connectivity index is 1.39. The zero-order valence-corrected chi connectivity index (χ0v) is 20.8. The number of nitrogens with one attached hydrogen (secondary N) is 1. The average Bonchev–Trinajstić information content (AvgIpc) is 3.57. The Morgan fingerprint density at radius 1 is 1.24 bits per heavy atom. The van der Waals surface area contributed by atoms with Gasteiger partial charge in [-0.1, -0.05) is 37.6 Å². The van der Waals surface area contributed by atoms with Crippen LogP contribution in [0.25, 0.3) is 10.4 Å². The van der Waals surface area contributed by atoms with Crippen LogP contribution in [0.5, 0.6) is 0 Å². The fraction of sp³-hybridized carbons (Fsp3) is 0.458. The van der Waals surface area contributed by atoms with Crippen molar-refractivity contribution in [2.75, 3.05) is 6.54 Å². The lowest BCUT2D eigenvalue weighted by Gasteiger charge is -2.27. The number of amides is 2. The highest BCUT2D eigenvalue weighted by Gasteiger charge is 2.38. The van der Waals surface area contributed by atoms with Gasteiger partial charge >= 0.3 is 0 Å². The molecule has 33 heavy (non-hydrogen) atoms. The Bertz CT molecular complexity index is 1110. The molecule has 2 atom stereocenters. The summed E-state index contributed by atoms with van der Waals surface area (Å²) in [7, 11) is 0. The van der Waals surface area contributed by atoms with Gasteiger partial charge < -0.3 is 10.2 Å². The minimum atomic E-state index is -0.426. The second-order valence-corrected chi connectivity index (χ2v) is 10.0. The highest BCUT2D eigenvalue weighted by atomic mass is 32.1. The fourth-order valence-electron chi connectivity index (χ4n) is 4.26. The summed E-state index contributed by atoms with van der Waals surface area (Å²) in [5.74, 6) is 0.273. The molecule has 2 amide bonds. The zero-order valence-electron chi connectivity index (χ0n) is 19.2. The number of aromatic nitrogens is 3. The third kappa shape index (κ3) is 5.30. The van der Waals surface area contributed by atoms with E-state index in [-0.39, 0.29) is 17.7 Å². The fourth-order valence-corrected chi connectivity index (χ4v) is 5.86. The van der Waals surface area contributed by atoms with Crippen molar-refractivity contribution >= 4 is 34.7 Å². The maximum absolute atomic E-state index is 13.4. The van der Waals surface area contributed by atoms with Crippen molar-refractivity contribution < 1.29 is 9.59 Å². The van der Waals surface area contributed by atoms with Crippen LogP contribution in [0.4, 0.5) is 0 Å². The van der Waals surface area contributed by atoms with Gasteiger partial charge in [0.15, 0.2) is 0 Å². The second kappa shape index (κ2) is 10.5. The average molecular weight is 484 g/mol. The van der Waals surface area contributed by atoms with Crippen LogP contribution >= 0.6 is 22.9 Å². The SMILES string of the molecule is CCC[C@@H](C(=O)N1CCC[C@H]1C(=O)NCc1ccc(-c2scnc2C)cc1)c1nc(C)ns1. The van der Waals surface area contributed by atoms with Gasteiger partial charge in [-0.05, 0) is 55.8 Å². The van der Waals surface area contributed by atoms with Crippen molar-refractivity contribution in [3.63, 3.8) is 0 Å². The van der Waals surface area contributed by atoms with Crippen LogP contribution in [-0.4, -0.2) is 43.6 Å². The molecular weight excluding hydrogens is 454 g/mol. The summed E-state index contributed by atoms with van der Waals surface area (Å²) in [6.07, 6.45) is 3.11. The van der Waals surface area contributed by atoms with E-state index < -0.39 is 6.04 Å². The van der Waals surface area contributed by atoms with E-state index in [4.69, 9.17) is 0 Å². The van der Waals surface area contributed by atoms with E-state index in [0.717, 1.165) is 39.5 Å². The molecule has 0 aliphatic carbocycles. The van der Waals surface area contributed by atoms with Crippen LogP contribution in [0.1, 0.15) is 60.6 Å². The molecule has 1 fully saturated rings. The molecule has 3 heterocycles. The minimum Gasteiger partial charge on any atom is -0.350 e. The van der Waals surface area contributed by atoms with Gasteiger partial charge in [0.25, 0.3) is 0 Å². The maximum atomic E-state index is 13.4. The number of carbonyl (C=O) groups is 2. The summed E-state index contributed by atoms with van der Waals surface area (Å²) in [5.41, 5.74) is 5.03. The molecule has 174 valence electrons. The number of hydrogen-bond donors (Lipinski definition) is 1. The Kier molecular flexibility index (Phi) is 7.49. The first kappa shape index (κ1) is 23.5. The topological polar surface area (TPSA) is 88.1 Å². The largest absolute Gasteiger partial charge is 0.350 e. The molecule has 1 N–H and O–H groups in total. The lowest BCUT2D eigenvalue weighted by Crippen LogP contribution is -2.47. The molecule has 0 radical (unpaired) electrons. The first-order valence-electron chi connectivity index (χ1n) is 11.4. The quantitative estimate of drug-likeness (QED) is 0.511. The Morgan fingerprint density at radius 2 is 2.03 bits per heavy atom. The van der Waals surface area contributed by atoms with E-state index >= 15 is 0 Å². The minimum absolute atomic E-state index is 0.00469. The smallest absolute Gasteiger partial charge is 0.243 e. The van der Waals surface area contributed by atoms with Crippen LogP contribution in [0.15, 0.2) is 29.8 Å². The molecule has 1 aliphatic heterocycles. The third-order valence-corrected chi connectivity index (χ3v) is 7.88. The summed E-state index contributed by atoms with van der Waals surface area (Å²) in [4.78, 5) is 38.1. The molecule has 1 saturated heterocycles. The first-order chi connectivity index (χ1) is 16.0. The van der Waals surface area contributed by atoms with Gasteiger partial charge in [-0.3, -0.25) is 9.59 Å². The van der Waals surface area contributed by atoms with Crippen molar-refractivity contribution in [2.45, 2.75) is 65.0 Å². The van der Waals surface area contributed by atoms with Gasteiger partial charge in [-0.25, -0.2) is 9.97 Å². The molecule has 4 rings (SSSR count). The van der Waals surface area contributed by atoms with E-state index in [1.165, 1.54) is 11.5 Å². The molecule has 0 unspecified atom stereocenters. The van der Waals surface area contributed by atoms with Crippen LogP contribution in [0.3, 0.4) is 0 Å². The Hall–Kier alpha value is -2.65. The van der Waals surface area contributed by atoms with Crippen molar-refractivity contribution in [1.82, 2.24) is 24.6 Å². The predicted molar refractivity (Wildman–Crippen MR) is 131 cm³/mol. The summed E-state index contributed by atoms with van der Waals surface area (Å²) < 4.78 is 4.25. The first-order valence-corrected chi connectivity index (χ1v) is 13.0. The Labute approximate surface area is 202 Å². The van der Waals surface area contributed by atoms with Gasteiger partial charge in [0, 0.05) is 13.1 Å². The zero-order chi connectivity index (χ0) is 23.4. The van der Waals surface area contributed by atoms with Gasteiger partial charge in [0.1, 0.15) is 16.9 Å². The van der Waals surface area contributed by atoms with E-state index in [1.807, 2.05) is 31.5 Å². The molecule has 0 saturated carbocycles. The summed E-state index contributed by atoms with van der Waals surface area (Å²) in [5, 5.41) is 3.79. The lowest BCUT2D eigenvalue weighted by molar-refractivity contribution is -0.139. The van der Waals surface area contributed by atoms with Crippen molar-refractivity contribution in [3.8, 4) is 10.4 Å². The highest BCUT2D eigenvalue weighted by molar-refractivity contribution is 7.13. The number of benzene rings is 1. The molecule has 7 nitrogen and oxygen atoms in total.